The number of ether oxygens (including phenoxy) is 4. The van der Waals surface area contributed by atoms with Crippen molar-refractivity contribution in [3.63, 3.8) is 0 Å². The van der Waals surface area contributed by atoms with Crippen LogP contribution in [0.2, 0.25) is 0 Å². The van der Waals surface area contributed by atoms with Gasteiger partial charge in [0.2, 0.25) is 0 Å². The van der Waals surface area contributed by atoms with Crippen molar-refractivity contribution in [2.75, 3.05) is 38.6 Å². The third kappa shape index (κ3) is 6.56. The lowest BCUT2D eigenvalue weighted by Gasteiger charge is -2.24. The van der Waals surface area contributed by atoms with Crippen LogP contribution >= 0.6 is 0 Å². The van der Waals surface area contributed by atoms with Crippen LogP contribution in [0.3, 0.4) is 0 Å². The van der Waals surface area contributed by atoms with Gasteiger partial charge in [0.25, 0.3) is 11.8 Å². The fourth-order valence-electron chi connectivity index (χ4n) is 4.28. The molecule has 0 fully saturated rings. The monoisotopic (exact) mass is 586 g/mol. The second-order valence-electron chi connectivity index (χ2n) is 9.07. The minimum atomic E-state index is -0.753. The number of rotatable bonds is 10. The molecule has 0 bridgehead atoms. The van der Waals surface area contributed by atoms with E-state index in [0.717, 1.165) is 0 Å². The maximum atomic E-state index is 13.5. The Labute approximate surface area is 248 Å². The Morgan fingerprint density at radius 2 is 1.58 bits per heavy atom. The third-order valence-electron chi connectivity index (χ3n) is 6.56. The van der Waals surface area contributed by atoms with Crippen molar-refractivity contribution in [1.29, 1.82) is 0 Å². The molecule has 0 radical (unpaired) electrons. The first-order valence-electron chi connectivity index (χ1n) is 13.1. The van der Waals surface area contributed by atoms with Gasteiger partial charge in [0.15, 0.2) is 17.2 Å². The highest BCUT2D eigenvalue weighted by Gasteiger charge is 2.28. The van der Waals surface area contributed by atoms with Gasteiger partial charge in [-0.1, -0.05) is 6.08 Å². The zero-order valence-electron chi connectivity index (χ0n) is 24.6. The fraction of sp³-hybridized carbons (Fsp3) is 0.188. The molecule has 4 rings (SSSR count). The zero-order valence-corrected chi connectivity index (χ0v) is 24.6. The molecule has 0 unspecified atom stereocenters. The summed E-state index contributed by atoms with van der Waals surface area (Å²) in [7, 11) is 5.88. The largest absolute Gasteiger partial charge is 0.494 e. The SMILES string of the molecule is CC=C(C)N(C(=O)C(=NC)C(=O)Nc1ccc(Oc2ccnc3cc(OC)c(OC)cc23)cc1OC)c1ccc(F)cc1. The number of hydrogen-bond donors (Lipinski definition) is 1. The normalized spacial score (nSPS) is 11.6. The standard InChI is InChI=1S/C32H31FN4O6/c1-7-19(2)37(21-10-8-20(33)9-11-21)32(39)30(34-3)31(38)36-24-13-12-22(16-27(24)40-4)43-26-14-15-35-25-18-29(42-6)28(41-5)17-23(25)26/h7-18H,1-6H3,(H,36,38). The molecule has 11 heteroatoms. The molecule has 10 nitrogen and oxygen atoms in total. The number of carbonyl (C=O) groups excluding carboxylic acids is 2. The second kappa shape index (κ2) is 13.5. The summed E-state index contributed by atoms with van der Waals surface area (Å²) in [6.07, 6.45) is 3.31. The lowest BCUT2D eigenvalue weighted by atomic mass is 10.1. The van der Waals surface area contributed by atoms with Crippen LogP contribution in [0.5, 0.6) is 28.7 Å². The number of allylic oxidation sites excluding steroid dienone is 2. The maximum Gasteiger partial charge on any atom is 0.286 e. The maximum absolute atomic E-state index is 13.5. The molecule has 0 aliphatic rings. The Hall–Kier alpha value is -5.45. The highest BCUT2D eigenvalue weighted by molar-refractivity contribution is 6.69. The minimum absolute atomic E-state index is 0.284. The summed E-state index contributed by atoms with van der Waals surface area (Å²) >= 11 is 0. The van der Waals surface area contributed by atoms with Crippen molar-refractivity contribution >= 4 is 39.8 Å². The number of methoxy groups -OCH3 is 3. The van der Waals surface area contributed by atoms with Gasteiger partial charge >= 0.3 is 0 Å². The molecule has 4 aromatic rings. The van der Waals surface area contributed by atoms with E-state index in [2.05, 4.69) is 15.3 Å². The van der Waals surface area contributed by atoms with E-state index in [1.165, 1.54) is 43.3 Å². The van der Waals surface area contributed by atoms with Crippen LogP contribution < -0.4 is 29.2 Å². The molecule has 1 N–H and O–H groups in total. The number of halogens is 1. The van der Waals surface area contributed by atoms with E-state index in [-0.39, 0.29) is 17.1 Å². The zero-order chi connectivity index (χ0) is 31.1. The predicted molar refractivity (Wildman–Crippen MR) is 163 cm³/mol. The number of aliphatic imine (C=N–C) groups is 1. The minimum Gasteiger partial charge on any atom is -0.494 e. The first-order chi connectivity index (χ1) is 20.7. The molecule has 0 saturated carbocycles. The summed E-state index contributed by atoms with van der Waals surface area (Å²) in [4.78, 5) is 36.5. The summed E-state index contributed by atoms with van der Waals surface area (Å²) in [5, 5.41) is 3.39. The number of hydrogen-bond acceptors (Lipinski definition) is 8. The molecule has 43 heavy (non-hydrogen) atoms. The van der Waals surface area contributed by atoms with E-state index in [0.29, 0.717) is 45.3 Å². The van der Waals surface area contributed by atoms with Crippen molar-refractivity contribution in [1.82, 2.24) is 4.98 Å². The average Bonchev–Trinajstić information content (AvgIpc) is 3.02. The van der Waals surface area contributed by atoms with E-state index in [1.54, 1.807) is 76.7 Å². The molecule has 0 saturated heterocycles. The van der Waals surface area contributed by atoms with E-state index in [9.17, 15) is 14.0 Å². The first-order valence-corrected chi connectivity index (χ1v) is 13.1. The molecule has 1 aromatic heterocycles. The van der Waals surface area contributed by atoms with E-state index in [4.69, 9.17) is 18.9 Å². The first kappa shape index (κ1) is 30.5. The van der Waals surface area contributed by atoms with Gasteiger partial charge < -0.3 is 24.3 Å². The number of fused-ring (bicyclic) bond motifs is 1. The Morgan fingerprint density at radius 1 is 0.907 bits per heavy atom. The van der Waals surface area contributed by atoms with Gasteiger partial charge in [0.05, 0.1) is 32.5 Å². The van der Waals surface area contributed by atoms with Crippen LogP contribution in [0.1, 0.15) is 13.8 Å². The number of amides is 2. The lowest BCUT2D eigenvalue weighted by Crippen LogP contribution is -2.41. The quantitative estimate of drug-likeness (QED) is 0.175. The third-order valence-corrected chi connectivity index (χ3v) is 6.56. The molecule has 0 aliphatic heterocycles. The van der Waals surface area contributed by atoms with Gasteiger partial charge in [-0.05, 0) is 62.4 Å². The Morgan fingerprint density at radius 3 is 2.21 bits per heavy atom. The molecule has 222 valence electrons. The topological polar surface area (TPSA) is 112 Å². The van der Waals surface area contributed by atoms with Crippen LogP contribution in [0.4, 0.5) is 15.8 Å². The van der Waals surface area contributed by atoms with E-state index in [1.807, 2.05) is 0 Å². The molecule has 0 atom stereocenters. The van der Waals surface area contributed by atoms with Crippen LogP contribution in [0, 0.1) is 5.82 Å². The number of nitrogens with zero attached hydrogens (tertiary/aromatic N) is 3. The molecular weight excluding hydrogens is 555 g/mol. The Balaban J connectivity index is 1.59. The summed E-state index contributed by atoms with van der Waals surface area (Å²) in [6.45, 7) is 3.45. The average molecular weight is 587 g/mol. The molecule has 0 aliphatic carbocycles. The van der Waals surface area contributed by atoms with Crippen molar-refractivity contribution in [2.24, 2.45) is 4.99 Å². The number of pyridine rings is 1. The predicted octanol–water partition coefficient (Wildman–Crippen LogP) is 6.16. The number of anilines is 2. The molecule has 0 spiro atoms. The highest BCUT2D eigenvalue weighted by atomic mass is 19.1. The van der Waals surface area contributed by atoms with Crippen molar-refractivity contribution < 1.29 is 32.9 Å². The van der Waals surface area contributed by atoms with Crippen LogP contribution in [-0.4, -0.2) is 50.9 Å². The lowest BCUT2D eigenvalue weighted by molar-refractivity contribution is -0.115. The van der Waals surface area contributed by atoms with Crippen LogP contribution in [0.25, 0.3) is 10.9 Å². The highest BCUT2D eigenvalue weighted by Crippen LogP contribution is 2.38. The summed E-state index contributed by atoms with van der Waals surface area (Å²) in [5.74, 6) is 0.388. The number of benzene rings is 3. The van der Waals surface area contributed by atoms with Crippen molar-refractivity contribution in [3.8, 4) is 28.7 Å². The molecule has 1 heterocycles. The summed E-state index contributed by atoms with van der Waals surface area (Å²) < 4.78 is 36.0. The van der Waals surface area contributed by atoms with E-state index < -0.39 is 17.6 Å². The Bertz CT molecular complexity index is 1720. The van der Waals surface area contributed by atoms with Gasteiger partial charge in [0, 0.05) is 42.1 Å². The fourth-order valence-corrected chi connectivity index (χ4v) is 4.28. The smallest absolute Gasteiger partial charge is 0.286 e. The van der Waals surface area contributed by atoms with Crippen molar-refractivity contribution in [3.05, 3.63) is 84.5 Å². The molecular formula is C32H31FN4O6. The van der Waals surface area contributed by atoms with Gasteiger partial charge in [-0.25, -0.2) is 4.39 Å². The van der Waals surface area contributed by atoms with Gasteiger partial charge in [-0.2, -0.15) is 0 Å². The Kier molecular flexibility index (Phi) is 9.56. The number of carbonyl (C=O) groups is 2. The molecule has 3 aromatic carbocycles. The van der Waals surface area contributed by atoms with Gasteiger partial charge in [-0.3, -0.25) is 24.5 Å². The van der Waals surface area contributed by atoms with Crippen LogP contribution in [0.15, 0.2) is 83.6 Å². The van der Waals surface area contributed by atoms with Gasteiger partial charge in [0.1, 0.15) is 23.1 Å². The number of nitrogens with one attached hydrogen (secondary N) is 1. The molecule has 2 amide bonds. The second-order valence-corrected chi connectivity index (χ2v) is 9.07. The summed E-state index contributed by atoms with van der Waals surface area (Å²) in [5.41, 5.74) is 1.49. The van der Waals surface area contributed by atoms with Gasteiger partial charge in [-0.15, -0.1) is 0 Å². The van der Waals surface area contributed by atoms with Crippen molar-refractivity contribution in [2.45, 2.75) is 13.8 Å². The van der Waals surface area contributed by atoms with Crippen LogP contribution in [-0.2, 0) is 9.59 Å². The van der Waals surface area contributed by atoms with E-state index >= 15 is 0 Å². The summed E-state index contributed by atoms with van der Waals surface area (Å²) in [6, 6.07) is 15.4. The number of aromatic nitrogens is 1.